The minimum absolute atomic E-state index is 0.0570. The van der Waals surface area contributed by atoms with E-state index in [9.17, 15) is 19.2 Å². The highest BCUT2D eigenvalue weighted by Crippen LogP contribution is 2.35. The molecule has 1 unspecified atom stereocenters. The summed E-state index contributed by atoms with van der Waals surface area (Å²) in [5.41, 5.74) is 7.36. The lowest BCUT2D eigenvalue weighted by atomic mass is 9.97. The van der Waals surface area contributed by atoms with Crippen LogP contribution in [0.25, 0.3) is 11.0 Å². The summed E-state index contributed by atoms with van der Waals surface area (Å²) in [4.78, 5) is 72.3. The van der Waals surface area contributed by atoms with E-state index in [2.05, 4.69) is 35.3 Å². The number of likely N-dealkylation sites (N-methyl/N-ethyl adjacent to an activating group) is 2. The van der Waals surface area contributed by atoms with Crippen LogP contribution in [0.2, 0.25) is 0 Å². The molecule has 1 N–H and O–H groups in total. The molecule has 54 heavy (non-hydrogen) atoms. The minimum atomic E-state index is -0.628. The Labute approximate surface area is 318 Å². The number of nitrogens with one attached hydrogen (secondary N) is 1. The molecular weight excluding hydrogens is 686 g/mol. The Kier molecular flexibility index (Phi) is 11.6. The number of carbonyl (C=O) groups excluding carboxylic acids is 4. The predicted molar refractivity (Wildman–Crippen MR) is 207 cm³/mol. The van der Waals surface area contributed by atoms with Gasteiger partial charge in [0, 0.05) is 39.3 Å². The summed E-state index contributed by atoms with van der Waals surface area (Å²) in [7, 11) is 5.90. The van der Waals surface area contributed by atoms with E-state index in [0.29, 0.717) is 19.5 Å². The van der Waals surface area contributed by atoms with Crippen molar-refractivity contribution in [2.45, 2.75) is 96.8 Å². The molecule has 0 bridgehead atoms. The molecule has 3 aliphatic heterocycles. The van der Waals surface area contributed by atoms with E-state index in [4.69, 9.17) is 19.5 Å². The first-order chi connectivity index (χ1) is 25.8. The summed E-state index contributed by atoms with van der Waals surface area (Å²) in [5.74, 6) is 0.468. The first-order valence-electron chi connectivity index (χ1n) is 19.2. The van der Waals surface area contributed by atoms with Gasteiger partial charge in [-0.05, 0) is 85.3 Å². The number of amides is 4. The predicted octanol–water partition coefficient (Wildman–Crippen LogP) is 6.08. The second-order valence-electron chi connectivity index (χ2n) is 15.6. The van der Waals surface area contributed by atoms with Crippen LogP contribution in [0, 0.1) is 11.8 Å². The number of hydrogen-bond donors (Lipinski definition) is 1. The van der Waals surface area contributed by atoms with Gasteiger partial charge in [0.25, 0.3) is 0 Å². The second-order valence-corrected chi connectivity index (χ2v) is 15.6. The largest absolute Gasteiger partial charge is 0.453 e. The fourth-order valence-corrected chi connectivity index (χ4v) is 8.65. The first kappa shape index (κ1) is 38.8. The van der Waals surface area contributed by atoms with Crippen molar-refractivity contribution in [3.8, 4) is 0 Å². The van der Waals surface area contributed by atoms with Crippen molar-refractivity contribution in [3.05, 3.63) is 58.9 Å². The van der Waals surface area contributed by atoms with Gasteiger partial charge in [0.15, 0.2) is 0 Å². The standard InChI is InChI=1S/C41H55N7O6/c1-24(2)35(45(5)40(51)53-7)38(49)47-19-9-11-33(47)32-23-28-21-26(15-17-29(28)42-32)13-14-27-16-18-30-31(22-27)44-37(43-30)34-12-10-20-48(34)39(50)36(25(3)4)46(6)41(52)54-8/h15-18,21-22,24-25,33-36H,9-14,19-20,23H2,1-8H3,(H,43,44)/t33-,34?,35-,36-/m0/s1. The Morgan fingerprint density at radius 2 is 1.33 bits per heavy atom. The van der Waals surface area contributed by atoms with Gasteiger partial charge in [0.05, 0.1) is 43.0 Å². The Morgan fingerprint density at radius 1 is 0.796 bits per heavy atom. The average Bonchev–Trinajstić information content (AvgIpc) is 3.97. The van der Waals surface area contributed by atoms with Gasteiger partial charge >= 0.3 is 12.2 Å². The third kappa shape index (κ3) is 7.67. The van der Waals surface area contributed by atoms with Crippen LogP contribution < -0.4 is 0 Å². The van der Waals surface area contributed by atoms with Crippen LogP contribution in [0.15, 0.2) is 41.4 Å². The van der Waals surface area contributed by atoms with Crippen LogP contribution in [0.5, 0.6) is 0 Å². The highest BCUT2D eigenvalue weighted by Gasteiger charge is 2.42. The number of imidazole rings is 1. The maximum absolute atomic E-state index is 13.8. The van der Waals surface area contributed by atoms with Gasteiger partial charge in [-0.1, -0.05) is 45.9 Å². The molecule has 4 atom stereocenters. The molecule has 4 amide bonds. The zero-order valence-corrected chi connectivity index (χ0v) is 32.9. The van der Waals surface area contributed by atoms with E-state index >= 15 is 0 Å². The molecular formula is C41H55N7O6. The van der Waals surface area contributed by atoms with Gasteiger partial charge in [-0.2, -0.15) is 0 Å². The van der Waals surface area contributed by atoms with Crippen LogP contribution in [0.1, 0.15) is 81.9 Å². The number of aliphatic imine (C=N–C) groups is 1. The molecule has 1 aromatic heterocycles. The normalized spacial score (nSPS) is 19.3. The number of likely N-dealkylation sites (tertiary alicyclic amines) is 2. The smallest absolute Gasteiger partial charge is 0.409 e. The highest BCUT2D eigenvalue weighted by atomic mass is 16.5. The molecule has 0 saturated carbocycles. The number of aryl methyl sites for hydroxylation is 2. The molecule has 2 saturated heterocycles. The monoisotopic (exact) mass is 741 g/mol. The van der Waals surface area contributed by atoms with Crippen molar-refractivity contribution in [3.63, 3.8) is 0 Å². The van der Waals surface area contributed by atoms with Crippen molar-refractivity contribution in [1.29, 1.82) is 0 Å². The number of aromatic amines is 1. The number of ether oxygens (including phenoxy) is 2. The summed E-state index contributed by atoms with van der Waals surface area (Å²) >= 11 is 0. The van der Waals surface area contributed by atoms with Gasteiger partial charge in [-0.25, -0.2) is 14.6 Å². The number of H-pyrrole nitrogens is 1. The second kappa shape index (κ2) is 16.2. The highest BCUT2D eigenvalue weighted by molar-refractivity contribution is 6.01. The van der Waals surface area contributed by atoms with E-state index < -0.39 is 24.3 Å². The minimum Gasteiger partial charge on any atom is -0.453 e. The summed E-state index contributed by atoms with van der Waals surface area (Å²) in [6, 6.07) is 11.3. The van der Waals surface area contributed by atoms with E-state index in [1.165, 1.54) is 40.7 Å². The van der Waals surface area contributed by atoms with Crippen LogP contribution in [0.3, 0.4) is 0 Å². The number of aromatic nitrogens is 2. The zero-order chi connectivity index (χ0) is 38.8. The molecule has 0 spiro atoms. The van der Waals surface area contributed by atoms with Gasteiger partial charge in [0.1, 0.15) is 17.9 Å². The number of rotatable bonds is 11. The van der Waals surface area contributed by atoms with Crippen molar-refractivity contribution in [2.75, 3.05) is 41.4 Å². The number of fused-ring (bicyclic) bond motifs is 2. The average molecular weight is 742 g/mol. The fraction of sp³-hybridized carbons (Fsp3) is 0.561. The number of nitrogens with zero attached hydrogens (tertiary/aromatic N) is 6. The molecule has 0 radical (unpaired) electrons. The molecule has 3 aromatic rings. The molecule has 6 rings (SSSR count). The third-order valence-electron chi connectivity index (χ3n) is 11.3. The van der Waals surface area contributed by atoms with Crippen LogP contribution in [0.4, 0.5) is 15.3 Å². The third-order valence-corrected chi connectivity index (χ3v) is 11.3. The summed E-state index contributed by atoms with van der Waals surface area (Å²) in [5, 5.41) is 0. The molecule has 3 aliphatic rings. The summed E-state index contributed by atoms with van der Waals surface area (Å²) in [6.07, 6.45) is 4.78. The molecule has 290 valence electrons. The maximum atomic E-state index is 13.8. The van der Waals surface area contributed by atoms with Crippen molar-refractivity contribution in [2.24, 2.45) is 16.8 Å². The van der Waals surface area contributed by atoms with Crippen molar-refractivity contribution in [1.82, 2.24) is 29.6 Å². The van der Waals surface area contributed by atoms with Crippen molar-refractivity contribution >= 4 is 46.4 Å². The molecule has 2 fully saturated rings. The SMILES string of the molecule is COC(=O)N(C)[C@H](C(=O)N1CCCC1c1nc2ccc(CCc3ccc4c(c3)CC([C@@H]3CCCN3C(=O)[C@H](C(C)C)N(C)C(=O)OC)=N4)cc2[nH]1)C(C)C. The molecule has 4 heterocycles. The topological polar surface area (TPSA) is 141 Å². The number of hydrogen-bond acceptors (Lipinski definition) is 8. The molecule has 2 aromatic carbocycles. The summed E-state index contributed by atoms with van der Waals surface area (Å²) in [6.45, 7) is 9.05. The Bertz CT molecular complexity index is 1920. The number of carbonyl (C=O) groups is 4. The maximum Gasteiger partial charge on any atom is 0.409 e. The van der Waals surface area contributed by atoms with E-state index in [1.807, 2.05) is 43.6 Å². The van der Waals surface area contributed by atoms with E-state index in [0.717, 1.165) is 66.8 Å². The van der Waals surface area contributed by atoms with E-state index in [-0.39, 0.29) is 35.7 Å². The van der Waals surface area contributed by atoms with Gasteiger partial charge < -0.3 is 24.3 Å². The Hall–Kier alpha value is -4.94. The van der Waals surface area contributed by atoms with Crippen LogP contribution in [-0.2, 0) is 38.3 Å². The van der Waals surface area contributed by atoms with Crippen LogP contribution >= 0.6 is 0 Å². The zero-order valence-electron chi connectivity index (χ0n) is 32.9. The lowest BCUT2D eigenvalue weighted by molar-refractivity contribution is -0.139. The van der Waals surface area contributed by atoms with Crippen LogP contribution in [-0.4, -0.2) is 119 Å². The quantitative estimate of drug-likeness (QED) is 0.251. The van der Waals surface area contributed by atoms with Gasteiger partial charge in [-0.15, -0.1) is 0 Å². The molecule has 13 heteroatoms. The number of benzene rings is 2. The Morgan fingerprint density at radius 3 is 1.91 bits per heavy atom. The van der Waals surface area contributed by atoms with Gasteiger partial charge in [-0.3, -0.25) is 24.4 Å². The molecule has 0 aliphatic carbocycles. The fourth-order valence-electron chi connectivity index (χ4n) is 8.65. The molecule has 13 nitrogen and oxygen atoms in total. The van der Waals surface area contributed by atoms with E-state index in [1.54, 1.807) is 14.1 Å². The first-order valence-corrected chi connectivity index (χ1v) is 19.2. The Balaban J connectivity index is 1.10. The number of methoxy groups -OCH3 is 2. The lowest BCUT2D eigenvalue weighted by Crippen LogP contribution is -2.54. The van der Waals surface area contributed by atoms with Crippen molar-refractivity contribution < 1.29 is 28.7 Å². The summed E-state index contributed by atoms with van der Waals surface area (Å²) < 4.78 is 9.84. The van der Waals surface area contributed by atoms with Gasteiger partial charge in [0.2, 0.25) is 11.8 Å². The lowest BCUT2D eigenvalue weighted by Gasteiger charge is -2.35.